The summed E-state index contributed by atoms with van der Waals surface area (Å²) in [5.74, 6) is 0.530. The highest BCUT2D eigenvalue weighted by molar-refractivity contribution is 7.18. The maximum atomic E-state index is 12.1. The molecule has 0 aromatic carbocycles. The zero-order valence-corrected chi connectivity index (χ0v) is 13.0. The maximum Gasteiger partial charge on any atom is 0.251 e. The van der Waals surface area contributed by atoms with Crippen LogP contribution in [0, 0.1) is 6.92 Å². The lowest BCUT2D eigenvalue weighted by molar-refractivity contribution is 0.0975. The molecule has 0 aliphatic heterocycles. The van der Waals surface area contributed by atoms with Crippen molar-refractivity contribution in [1.29, 1.82) is 0 Å². The third kappa shape index (κ3) is 3.00. The predicted molar refractivity (Wildman–Crippen MR) is 82.4 cm³/mol. The van der Waals surface area contributed by atoms with Gasteiger partial charge in [-0.05, 0) is 18.2 Å². The van der Waals surface area contributed by atoms with E-state index in [-0.39, 0.29) is 23.8 Å². The number of nitrogens with zero attached hydrogens (tertiary/aromatic N) is 3. The molecule has 0 aliphatic carbocycles. The first kappa shape index (κ1) is 14.7. The molecule has 0 atom stereocenters. The van der Waals surface area contributed by atoms with Crippen LogP contribution in [0.25, 0.3) is 11.5 Å². The van der Waals surface area contributed by atoms with E-state index in [1.807, 2.05) is 0 Å². The SMILES string of the molecule is Cc1nnc(-c2ccn(CC(=O)c3ccc(Cl)s3)c(=O)c2)o1. The van der Waals surface area contributed by atoms with Crippen LogP contribution in [0.2, 0.25) is 4.34 Å². The molecule has 0 aliphatic rings. The number of ketones is 1. The molecule has 3 aromatic heterocycles. The minimum Gasteiger partial charge on any atom is -0.421 e. The van der Waals surface area contributed by atoms with Crippen molar-refractivity contribution in [2.45, 2.75) is 13.5 Å². The van der Waals surface area contributed by atoms with Crippen molar-refractivity contribution in [3.63, 3.8) is 0 Å². The van der Waals surface area contributed by atoms with Gasteiger partial charge in [0.15, 0.2) is 5.78 Å². The lowest BCUT2D eigenvalue weighted by Crippen LogP contribution is -2.22. The van der Waals surface area contributed by atoms with Crippen molar-refractivity contribution < 1.29 is 9.21 Å². The summed E-state index contributed by atoms with van der Waals surface area (Å²) in [6.07, 6.45) is 1.53. The molecule has 3 heterocycles. The standard InChI is InChI=1S/C14H10ClN3O3S/c1-8-16-17-14(21-8)9-4-5-18(13(20)6-9)7-10(19)11-2-3-12(15)22-11/h2-6H,7H2,1H3. The van der Waals surface area contributed by atoms with Gasteiger partial charge in [-0.3, -0.25) is 9.59 Å². The Morgan fingerprint density at radius 1 is 1.36 bits per heavy atom. The number of aryl methyl sites for hydroxylation is 1. The average Bonchev–Trinajstić information content (AvgIpc) is 3.10. The van der Waals surface area contributed by atoms with Gasteiger partial charge >= 0.3 is 0 Å². The van der Waals surface area contributed by atoms with Crippen LogP contribution < -0.4 is 5.56 Å². The topological polar surface area (TPSA) is 78.0 Å². The molecule has 3 aromatic rings. The van der Waals surface area contributed by atoms with Crippen LogP contribution in [0.15, 0.2) is 39.7 Å². The summed E-state index contributed by atoms with van der Waals surface area (Å²) < 4.78 is 7.13. The molecule has 0 spiro atoms. The summed E-state index contributed by atoms with van der Waals surface area (Å²) in [6.45, 7) is 1.63. The molecule has 112 valence electrons. The number of carbonyl (C=O) groups is 1. The molecule has 0 radical (unpaired) electrons. The second kappa shape index (κ2) is 5.86. The van der Waals surface area contributed by atoms with Crippen molar-refractivity contribution in [2.24, 2.45) is 0 Å². The molecule has 22 heavy (non-hydrogen) atoms. The maximum absolute atomic E-state index is 12.1. The van der Waals surface area contributed by atoms with Crippen LogP contribution in [-0.4, -0.2) is 20.5 Å². The lowest BCUT2D eigenvalue weighted by Gasteiger charge is -2.04. The minimum absolute atomic E-state index is 0.0428. The average molecular weight is 336 g/mol. The van der Waals surface area contributed by atoms with Gasteiger partial charge in [0, 0.05) is 24.8 Å². The van der Waals surface area contributed by atoms with Crippen molar-refractivity contribution in [2.75, 3.05) is 0 Å². The summed E-state index contributed by atoms with van der Waals surface area (Å²) in [7, 11) is 0. The Labute approximate surface area is 134 Å². The molecule has 0 unspecified atom stereocenters. The number of halogens is 1. The van der Waals surface area contributed by atoms with Crippen LogP contribution >= 0.6 is 22.9 Å². The first-order valence-electron chi connectivity index (χ1n) is 6.32. The minimum atomic E-state index is -0.315. The molecule has 0 fully saturated rings. The van der Waals surface area contributed by atoms with Gasteiger partial charge in [0.05, 0.1) is 15.8 Å². The number of Topliss-reactive ketones (excluding diaryl/α,β-unsaturated/α-hetero) is 1. The van der Waals surface area contributed by atoms with Gasteiger partial charge in [-0.25, -0.2) is 0 Å². The highest BCUT2D eigenvalue weighted by atomic mass is 35.5. The van der Waals surface area contributed by atoms with Crippen LogP contribution in [0.1, 0.15) is 15.6 Å². The first-order valence-corrected chi connectivity index (χ1v) is 7.52. The van der Waals surface area contributed by atoms with Gasteiger partial charge in [0.2, 0.25) is 11.8 Å². The number of carbonyl (C=O) groups excluding carboxylic acids is 1. The third-order valence-electron chi connectivity index (χ3n) is 2.93. The molecular formula is C14H10ClN3O3S. The predicted octanol–water partition coefficient (Wildman–Crippen LogP) is 2.80. The summed E-state index contributed by atoms with van der Waals surface area (Å²) in [5.41, 5.74) is 0.206. The monoisotopic (exact) mass is 335 g/mol. The number of rotatable bonds is 4. The Morgan fingerprint density at radius 3 is 2.77 bits per heavy atom. The highest BCUT2D eigenvalue weighted by Gasteiger charge is 2.12. The number of hydrogen-bond acceptors (Lipinski definition) is 6. The van der Waals surface area contributed by atoms with Gasteiger partial charge in [-0.15, -0.1) is 21.5 Å². The Balaban J connectivity index is 1.84. The summed E-state index contributed by atoms with van der Waals surface area (Å²) in [5, 5.41) is 7.57. The number of hydrogen-bond donors (Lipinski definition) is 0. The lowest BCUT2D eigenvalue weighted by atomic mass is 10.2. The van der Waals surface area contributed by atoms with Crippen LogP contribution in [0.4, 0.5) is 0 Å². The number of thiophene rings is 1. The Morgan fingerprint density at radius 2 is 2.18 bits per heavy atom. The fourth-order valence-electron chi connectivity index (χ4n) is 1.88. The van der Waals surface area contributed by atoms with Gasteiger partial charge in [0.25, 0.3) is 5.56 Å². The second-order valence-corrected chi connectivity index (χ2v) is 6.25. The summed E-state index contributed by atoms with van der Waals surface area (Å²) in [4.78, 5) is 24.7. The van der Waals surface area contributed by atoms with Crippen LogP contribution in [0.5, 0.6) is 0 Å². The second-order valence-electron chi connectivity index (χ2n) is 4.53. The first-order chi connectivity index (χ1) is 10.5. The number of aromatic nitrogens is 3. The molecule has 0 N–H and O–H groups in total. The van der Waals surface area contributed by atoms with E-state index < -0.39 is 0 Å². The summed E-state index contributed by atoms with van der Waals surface area (Å²) in [6, 6.07) is 6.32. The zero-order chi connectivity index (χ0) is 15.7. The molecular weight excluding hydrogens is 326 g/mol. The molecule has 3 rings (SSSR count). The van der Waals surface area contributed by atoms with Gasteiger partial charge < -0.3 is 8.98 Å². The molecule has 8 heteroatoms. The fraction of sp³-hybridized carbons (Fsp3) is 0.143. The largest absolute Gasteiger partial charge is 0.421 e. The Hall–Kier alpha value is -2.25. The summed E-state index contributed by atoms with van der Waals surface area (Å²) >= 11 is 6.99. The number of pyridine rings is 1. The third-order valence-corrected chi connectivity index (χ3v) is 4.20. The van der Waals surface area contributed by atoms with E-state index in [9.17, 15) is 9.59 Å². The van der Waals surface area contributed by atoms with E-state index in [0.717, 1.165) is 0 Å². The van der Waals surface area contributed by atoms with Crippen molar-refractivity contribution >= 4 is 28.7 Å². The van der Waals surface area contributed by atoms with Crippen LogP contribution in [0.3, 0.4) is 0 Å². The zero-order valence-electron chi connectivity index (χ0n) is 11.4. The molecule has 6 nitrogen and oxygen atoms in total. The molecule has 0 bridgehead atoms. The quantitative estimate of drug-likeness (QED) is 0.685. The van der Waals surface area contributed by atoms with E-state index in [2.05, 4.69) is 10.2 Å². The van der Waals surface area contributed by atoms with E-state index >= 15 is 0 Å². The van der Waals surface area contributed by atoms with E-state index in [1.54, 1.807) is 25.1 Å². The van der Waals surface area contributed by atoms with Gasteiger partial charge in [-0.1, -0.05) is 11.6 Å². The Kier molecular flexibility index (Phi) is 3.91. The van der Waals surface area contributed by atoms with Crippen molar-refractivity contribution in [3.8, 4) is 11.5 Å². The van der Waals surface area contributed by atoms with Gasteiger partial charge in [0.1, 0.15) is 0 Å². The van der Waals surface area contributed by atoms with Crippen LogP contribution in [-0.2, 0) is 6.54 Å². The molecule has 0 saturated carbocycles. The van der Waals surface area contributed by atoms with Gasteiger partial charge in [-0.2, -0.15) is 0 Å². The normalized spacial score (nSPS) is 10.8. The Bertz CT molecular complexity index is 897. The van der Waals surface area contributed by atoms with Crippen molar-refractivity contribution in [3.05, 3.63) is 55.9 Å². The smallest absolute Gasteiger partial charge is 0.251 e. The van der Waals surface area contributed by atoms with E-state index in [1.165, 1.54) is 28.2 Å². The molecule has 0 saturated heterocycles. The van der Waals surface area contributed by atoms with E-state index in [0.29, 0.717) is 20.7 Å². The van der Waals surface area contributed by atoms with Crippen molar-refractivity contribution in [1.82, 2.24) is 14.8 Å². The fourth-order valence-corrected chi connectivity index (χ4v) is 2.85. The highest BCUT2D eigenvalue weighted by Crippen LogP contribution is 2.22. The molecule has 0 amide bonds. The van der Waals surface area contributed by atoms with E-state index in [4.69, 9.17) is 16.0 Å².